The minimum atomic E-state index is -4.50. The predicted octanol–water partition coefficient (Wildman–Crippen LogP) is 2.52. The molecule has 0 spiro atoms. The summed E-state index contributed by atoms with van der Waals surface area (Å²) in [7, 11) is 3.08. The molecule has 1 aliphatic rings. The Morgan fingerprint density at radius 1 is 1.30 bits per heavy atom. The Hall–Kier alpha value is -1.57. The van der Waals surface area contributed by atoms with Gasteiger partial charge >= 0.3 is 6.18 Å². The lowest BCUT2D eigenvalue weighted by molar-refractivity contribution is -0.141. The van der Waals surface area contributed by atoms with Gasteiger partial charge in [-0.05, 0) is 19.3 Å². The molecule has 2 unspecified atom stereocenters. The van der Waals surface area contributed by atoms with E-state index in [0.717, 1.165) is 25.3 Å². The van der Waals surface area contributed by atoms with Crippen molar-refractivity contribution in [1.82, 2.24) is 9.97 Å². The highest BCUT2D eigenvalue weighted by Crippen LogP contribution is 2.31. The van der Waals surface area contributed by atoms with Crippen molar-refractivity contribution < 1.29 is 17.9 Å². The maximum absolute atomic E-state index is 12.8. The summed E-state index contributed by atoms with van der Waals surface area (Å²) in [5.74, 6) is 0.0971. The molecule has 2 atom stereocenters. The quantitative estimate of drug-likeness (QED) is 0.892. The summed E-state index contributed by atoms with van der Waals surface area (Å²) in [5.41, 5.74) is -0.966. The monoisotopic (exact) mass is 290 g/mol. The zero-order chi connectivity index (χ0) is 14.8. The van der Waals surface area contributed by atoms with Crippen LogP contribution in [0.4, 0.5) is 24.9 Å². The lowest BCUT2D eigenvalue weighted by Crippen LogP contribution is -2.30. The van der Waals surface area contributed by atoms with Gasteiger partial charge in [0.25, 0.3) is 0 Å². The Balaban J connectivity index is 2.22. The van der Waals surface area contributed by atoms with Crippen molar-refractivity contribution in [1.29, 1.82) is 0 Å². The molecule has 1 heterocycles. The fourth-order valence-electron chi connectivity index (χ4n) is 2.34. The predicted molar refractivity (Wildman–Crippen MR) is 68.6 cm³/mol. The maximum atomic E-state index is 12.8. The standard InChI is InChI=1S/C12H17F3N4O/c1-16-11-18-9(12(13,14)15)6-10(19-11)17-7-4-3-5-8(7)20-2/h6-8H,3-5H2,1-2H3,(H2,16,17,18,19). The number of nitrogens with one attached hydrogen (secondary N) is 2. The van der Waals surface area contributed by atoms with E-state index in [2.05, 4.69) is 20.6 Å². The molecule has 2 rings (SSSR count). The summed E-state index contributed by atoms with van der Waals surface area (Å²) in [5, 5.41) is 5.55. The van der Waals surface area contributed by atoms with Gasteiger partial charge in [0, 0.05) is 20.2 Å². The molecule has 8 heteroatoms. The molecule has 5 nitrogen and oxygen atoms in total. The van der Waals surface area contributed by atoms with Crippen molar-refractivity contribution in [2.45, 2.75) is 37.6 Å². The van der Waals surface area contributed by atoms with Gasteiger partial charge in [0.2, 0.25) is 5.95 Å². The second-order valence-electron chi connectivity index (χ2n) is 4.67. The highest BCUT2D eigenvalue weighted by atomic mass is 19.4. The van der Waals surface area contributed by atoms with Crippen LogP contribution in [0.15, 0.2) is 6.07 Å². The van der Waals surface area contributed by atoms with Gasteiger partial charge < -0.3 is 15.4 Å². The van der Waals surface area contributed by atoms with Crippen molar-refractivity contribution in [2.75, 3.05) is 24.8 Å². The fourth-order valence-corrected chi connectivity index (χ4v) is 2.34. The average Bonchev–Trinajstić information content (AvgIpc) is 2.84. The average molecular weight is 290 g/mol. The molecule has 0 bridgehead atoms. The Morgan fingerprint density at radius 3 is 2.65 bits per heavy atom. The number of ether oxygens (including phenoxy) is 1. The van der Waals surface area contributed by atoms with Crippen molar-refractivity contribution in [2.24, 2.45) is 0 Å². The molecule has 0 amide bonds. The summed E-state index contributed by atoms with van der Waals surface area (Å²) in [6, 6.07) is 0.895. The summed E-state index contributed by atoms with van der Waals surface area (Å²) in [6.45, 7) is 0. The van der Waals surface area contributed by atoms with E-state index in [1.54, 1.807) is 7.11 Å². The molecule has 0 aliphatic heterocycles. The Bertz CT molecular complexity index is 467. The molecule has 112 valence electrons. The Morgan fingerprint density at radius 2 is 2.05 bits per heavy atom. The highest BCUT2D eigenvalue weighted by Gasteiger charge is 2.34. The van der Waals surface area contributed by atoms with E-state index in [9.17, 15) is 13.2 Å². The summed E-state index contributed by atoms with van der Waals surface area (Å²) in [6.07, 6.45) is -1.78. The van der Waals surface area contributed by atoms with E-state index in [0.29, 0.717) is 0 Å². The van der Waals surface area contributed by atoms with Crippen molar-refractivity contribution in [3.63, 3.8) is 0 Å². The molecule has 1 aliphatic carbocycles. The Labute approximate surface area is 114 Å². The van der Waals surface area contributed by atoms with Crippen molar-refractivity contribution >= 4 is 11.8 Å². The molecular formula is C12H17F3N4O. The minimum absolute atomic E-state index is 0.00247. The molecular weight excluding hydrogens is 273 g/mol. The number of alkyl halides is 3. The molecule has 20 heavy (non-hydrogen) atoms. The summed E-state index contributed by atoms with van der Waals surface area (Å²) >= 11 is 0. The van der Waals surface area contributed by atoms with Crippen LogP contribution in [0.3, 0.4) is 0 Å². The highest BCUT2D eigenvalue weighted by molar-refractivity contribution is 5.44. The number of hydrogen-bond donors (Lipinski definition) is 2. The lowest BCUT2D eigenvalue weighted by Gasteiger charge is -2.21. The molecule has 1 saturated carbocycles. The first kappa shape index (κ1) is 14.8. The van der Waals surface area contributed by atoms with Crippen LogP contribution in [0.5, 0.6) is 0 Å². The van der Waals surface area contributed by atoms with Gasteiger partial charge in [-0.1, -0.05) is 0 Å². The first-order valence-electron chi connectivity index (χ1n) is 6.37. The van der Waals surface area contributed by atoms with Gasteiger partial charge in [0.1, 0.15) is 5.82 Å². The second-order valence-corrected chi connectivity index (χ2v) is 4.67. The van der Waals surface area contributed by atoms with Crippen LogP contribution in [-0.2, 0) is 10.9 Å². The molecule has 1 aromatic heterocycles. The van der Waals surface area contributed by atoms with Crippen LogP contribution in [0.1, 0.15) is 25.0 Å². The first-order chi connectivity index (χ1) is 9.44. The molecule has 1 fully saturated rings. The number of halogens is 3. The van der Waals surface area contributed by atoms with Gasteiger partial charge in [-0.15, -0.1) is 0 Å². The number of nitrogens with zero attached hydrogens (tertiary/aromatic N) is 2. The van der Waals surface area contributed by atoms with E-state index in [4.69, 9.17) is 4.74 Å². The molecule has 1 aromatic rings. The van der Waals surface area contributed by atoms with Crippen LogP contribution < -0.4 is 10.6 Å². The van der Waals surface area contributed by atoms with E-state index >= 15 is 0 Å². The third-order valence-electron chi connectivity index (χ3n) is 3.33. The molecule has 0 saturated heterocycles. The number of rotatable bonds is 4. The lowest BCUT2D eigenvalue weighted by atomic mass is 10.2. The SMILES string of the molecule is CNc1nc(NC2CCCC2OC)cc(C(F)(F)F)n1. The largest absolute Gasteiger partial charge is 0.433 e. The van der Waals surface area contributed by atoms with E-state index in [1.807, 2.05) is 0 Å². The van der Waals surface area contributed by atoms with Crippen LogP contribution >= 0.6 is 0 Å². The number of hydrogen-bond acceptors (Lipinski definition) is 5. The number of anilines is 2. The third kappa shape index (κ3) is 3.30. The number of aromatic nitrogens is 2. The molecule has 2 N–H and O–H groups in total. The van der Waals surface area contributed by atoms with Crippen LogP contribution in [0, 0.1) is 0 Å². The van der Waals surface area contributed by atoms with Crippen LogP contribution in [0.25, 0.3) is 0 Å². The van der Waals surface area contributed by atoms with Crippen molar-refractivity contribution in [3.8, 4) is 0 Å². The minimum Gasteiger partial charge on any atom is -0.379 e. The topological polar surface area (TPSA) is 59.1 Å². The van der Waals surface area contributed by atoms with E-state index < -0.39 is 11.9 Å². The van der Waals surface area contributed by atoms with Gasteiger partial charge in [-0.3, -0.25) is 0 Å². The van der Waals surface area contributed by atoms with Gasteiger partial charge in [-0.25, -0.2) is 4.98 Å². The third-order valence-corrected chi connectivity index (χ3v) is 3.33. The fraction of sp³-hybridized carbons (Fsp3) is 0.667. The normalized spacial score (nSPS) is 22.9. The summed E-state index contributed by atoms with van der Waals surface area (Å²) < 4.78 is 43.6. The second kappa shape index (κ2) is 5.82. The maximum Gasteiger partial charge on any atom is 0.433 e. The van der Waals surface area contributed by atoms with Crippen molar-refractivity contribution in [3.05, 3.63) is 11.8 Å². The zero-order valence-corrected chi connectivity index (χ0v) is 11.3. The first-order valence-corrected chi connectivity index (χ1v) is 6.37. The van der Waals surface area contributed by atoms with E-state index in [1.165, 1.54) is 7.05 Å². The van der Waals surface area contributed by atoms with Gasteiger partial charge in [-0.2, -0.15) is 18.2 Å². The van der Waals surface area contributed by atoms with Gasteiger partial charge in [0.15, 0.2) is 5.69 Å². The van der Waals surface area contributed by atoms with E-state index in [-0.39, 0.29) is 23.9 Å². The van der Waals surface area contributed by atoms with Gasteiger partial charge in [0.05, 0.1) is 12.1 Å². The van der Waals surface area contributed by atoms with Crippen LogP contribution in [-0.4, -0.2) is 36.3 Å². The smallest absolute Gasteiger partial charge is 0.379 e. The molecule has 0 aromatic carbocycles. The molecule has 0 radical (unpaired) electrons. The Kier molecular flexibility index (Phi) is 4.32. The summed E-state index contributed by atoms with van der Waals surface area (Å²) in [4.78, 5) is 7.43. The number of methoxy groups -OCH3 is 1. The van der Waals surface area contributed by atoms with Crippen LogP contribution in [0.2, 0.25) is 0 Å². The zero-order valence-electron chi connectivity index (χ0n) is 11.3.